The van der Waals surface area contributed by atoms with E-state index in [1.807, 2.05) is 11.6 Å². The van der Waals surface area contributed by atoms with Gasteiger partial charge >= 0.3 is 0 Å². The van der Waals surface area contributed by atoms with E-state index in [0.29, 0.717) is 5.95 Å². The van der Waals surface area contributed by atoms with Crippen molar-refractivity contribution in [1.82, 2.24) is 9.55 Å². The quantitative estimate of drug-likeness (QED) is 0.749. The predicted octanol–water partition coefficient (Wildman–Crippen LogP) is 1.33. The van der Waals surface area contributed by atoms with Crippen LogP contribution in [0.3, 0.4) is 0 Å². The molecule has 10 heavy (non-hydrogen) atoms. The second-order valence-corrected chi connectivity index (χ2v) is 2.87. The van der Waals surface area contributed by atoms with Crippen molar-refractivity contribution >= 4 is 21.9 Å². The summed E-state index contributed by atoms with van der Waals surface area (Å²) in [4.78, 5) is 4.04. The Morgan fingerprint density at radius 3 is 2.50 bits per heavy atom. The zero-order valence-electron chi connectivity index (χ0n) is 6.06. The topological polar surface area (TPSA) is 43.8 Å². The third-order valence-corrected chi connectivity index (χ3v) is 2.17. The molecule has 0 spiro atoms. The maximum atomic E-state index is 5.54. The van der Waals surface area contributed by atoms with Gasteiger partial charge in [0.2, 0.25) is 5.95 Å². The molecule has 2 N–H and O–H groups in total. The highest BCUT2D eigenvalue weighted by Crippen LogP contribution is 2.17. The van der Waals surface area contributed by atoms with Crippen LogP contribution in [0, 0.1) is 0 Å². The number of halogens is 1. The SMILES string of the molecule is CCc1c(Br)nc(N)n1C. The highest BCUT2D eigenvalue weighted by atomic mass is 79.9. The second kappa shape index (κ2) is 2.62. The first-order valence-electron chi connectivity index (χ1n) is 3.13. The van der Waals surface area contributed by atoms with E-state index in [0.717, 1.165) is 16.7 Å². The number of anilines is 1. The average molecular weight is 204 g/mol. The molecule has 0 bridgehead atoms. The number of hydrogen-bond acceptors (Lipinski definition) is 2. The molecule has 0 aliphatic rings. The van der Waals surface area contributed by atoms with Gasteiger partial charge in [-0.15, -0.1) is 0 Å². The molecule has 0 atom stereocenters. The van der Waals surface area contributed by atoms with Crippen molar-refractivity contribution in [2.75, 3.05) is 5.73 Å². The normalized spacial score (nSPS) is 10.3. The summed E-state index contributed by atoms with van der Waals surface area (Å²) in [5.74, 6) is 0.559. The van der Waals surface area contributed by atoms with Crippen molar-refractivity contribution in [3.05, 3.63) is 10.3 Å². The average Bonchev–Trinajstić information content (AvgIpc) is 2.09. The largest absolute Gasteiger partial charge is 0.369 e. The molecule has 0 amide bonds. The van der Waals surface area contributed by atoms with Gasteiger partial charge in [0.15, 0.2) is 0 Å². The molecule has 0 radical (unpaired) electrons. The first-order valence-corrected chi connectivity index (χ1v) is 3.92. The lowest BCUT2D eigenvalue weighted by Crippen LogP contribution is -1.99. The van der Waals surface area contributed by atoms with Crippen LogP contribution in [0.5, 0.6) is 0 Å². The predicted molar refractivity (Wildman–Crippen MR) is 44.7 cm³/mol. The van der Waals surface area contributed by atoms with E-state index < -0.39 is 0 Å². The summed E-state index contributed by atoms with van der Waals surface area (Å²) in [7, 11) is 1.91. The highest BCUT2D eigenvalue weighted by molar-refractivity contribution is 9.10. The van der Waals surface area contributed by atoms with Crippen LogP contribution < -0.4 is 5.73 Å². The Morgan fingerprint density at radius 2 is 2.30 bits per heavy atom. The maximum absolute atomic E-state index is 5.54. The molecule has 0 aliphatic carbocycles. The van der Waals surface area contributed by atoms with Gasteiger partial charge in [-0.25, -0.2) is 4.98 Å². The summed E-state index contributed by atoms with van der Waals surface area (Å²) in [6.45, 7) is 2.07. The van der Waals surface area contributed by atoms with Crippen LogP contribution in [-0.2, 0) is 13.5 Å². The van der Waals surface area contributed by atoms with Crippen molar-refractivity contribution in [3.8, 4) is 0 Å². The van der Waals surface area contributed by atoms with Crippen LogP contribution in [0.2, 0.25) is 0 Å². The zero-order chi connectivity index (χ0) is 7.72. The maximum Gasteiger partial charge on any atom is 0.201 e. The van der Waals surface area contributed by atoms with Crippen LogP contribution in [-0.4, -0.2) is 9.55 Å². The van der Waals surface area contributed by atoms with Gasteiger partial charge in [-0.2, -0.15) is 0 Å². The zero-order valence-corrected chi connectivity index (χ0v) is 7.64. The van der Waals surface area contributed by atoms with Crippen LogP contribution in [0.15, 0.2) is 4.60 Å². The van der Waals surface area contributed by atoms with E-state index in [2.05, 4.69) is 27.8 Å². The Labute approximate surface area is 68.4 Å². The van der Waals surface area contributed by atoms with Gasteiger partial charge in [-0.3, -0.25) is 0 Å². The minimum Gasteiger partial charge on any atom is -0.369 e. The molecule has 0 aliphatic heterocycles. The lowest BCUT2D eigenvalue weighted by molar-refractivity contribution is 0.842. The van der Waals surface area contributed by atoms with Gasteiger partial charge in [0.1, 0.15) is 4.60 Å². The summed E-state index contributed by atoms with van der Waals surface area (Å²) in [6, 6.07) is 0. The Bertz CT molecular complexity index is 241. The van der Waals surface area contributed by atoms with Crippen molar-refractivity contribution in [2.45, 2.75) is 13.3 Å². The van der Waals surface area contributed by atoms with Crippen molar-refractivity contribution in [3.63, 3.8) is 0 Å². The van der Waals surface area contributed by atoms with E-state index in [-0.39, 0.29) is 0 Å². The van der Waals surface area contributed by atoms with E-state index in [4.69, 9.17) is 5.73 Å². The summed E-state index contributed by atoms with van der Waals surface area (Å²) in [5, 5.41) is 0. The lowest BCUT2D eigenvalue weighted by atomic mass is 10.4. The number of nitrogens with zero attached hydrogens (tertiary/aromatic N) is 2. The fourth-order valence-electron chi connectivity index (χ4n) is 0.900. The number of rotatable bonds is 1. The molecule has 0 saturated carbocycles. The molecule has 56 valence electrons. The fraction of sp³-hybridized carbons (Fsp3) is 0.500. The molecule has 0 saturated heterocycles. The van der Waals surface area contributed by atoms with Crippen LogP contribution in [0.1, 0.15) is 12.6 Å². The second-order valence-electron chi connectivity index (χ2n) is 2.12. The van der Waals surface area contributed by atoms with Crippen LogP contribution >= 0.6 is 15.9 Å². The van der Waals surface area contributed by atoms with Gasteiger partial charge in [0.05, 0.1) is 5.69 Å². The van der Waals surface area contributed by atoms with Gasteiger partial charge in [-0.1, -0.05) is 6.92 Å². The van der Waals surface area contributed by atoms with E-state index in [1.165, 1.54) is 0 Å². The van der Waals surface area contributed by atoms with Crippen molar-refractivity contribution in [2.24, 2.45) is 7.05 Å². The van der Waals surface area contributed by atoms with Crippen molar-refractivity contribution in [1.29, 1.82) is 0 Å². The number of aromatic nitrogens is 2. The Kier molecular flexibility index (Phi) is 1.99. The molecular formula is C6H10BrN3. The number of hydrogen-bond donors (Lipinski definition) is 1. The van der Waals surface area contributed by atoms with Crippen LogP contribution in [0.25, 0.3) is 0 Å². The van der Waals surface area contributed by atoms with E-state index in [1.54, 1.807) is 0 Å². The highest BCUT2D eigenvalue weighted by Gasteiger charge is 2.06. The molecule has 0 aromatic carbocycles. The Hall–Kier alpha value is -0.510. The first kappa shape index (κ1) is 7.60. The molecule has 4 heteroatoms. The van der Waals surface area contributed by atoms with Gasteiger partial charge < -0.3 is 10.3 Å². The third-order valence-electron chi connectivity index (χ3n) is 1.53. The molecule has 0 unspecified atom stereocenters. The molecule has 1 aromatic heterocycles. The van der Waals surface area contributed by atoms with Gasteiger partial charge in [0.25, 0.3) is 0 Å². The van der Waals surface area contributed by atoms with E-state index >= 15 is 0 Å². The number of nitrogens with two attached hydrogens (primary N) is 1. The fourth-order valence-corrected chi connectivity index (χ4v) is 1.63. The molecular weight excluding hydrogens is 194 g/mol. The Balaban J connectivity index is 3.20. The Morgan fingerprint density at radius 1 is 1.70 bits per heavy atom. The number of imidazole rings is 1. The summed E-state index contributed by atoms with van der Waals surface area (Å²) < 4.78 is 2.74. The molecule has 1 aromatic rings. The number of nitrogen functional groups attached to an aromatic ring is 1. The van der Waals surface area contributed by atoms with Gasteiger partial charge in [0, 0.05) is 7.05 Å². The summed E-state index contributed by atoms with van der Waals surface area (Å²) >= 11 is 3.32. The molecule has 0 fully saturated rings. The minimum atomic E-state index is 0.559. The molecule has 3 nitrogen and oxygen atoms in total. The van der Waals surface area contributed by atoms with E-state index in [9.17, 15) is 0 Å². The van der Waals surface area contributed by atoms with Gasteiger partial charge in [-0.05, 0) is 22.4 Å². The first-order chi connectivity index (χ1) is 4.66. The van der Waals surface area contributed by atoms with Crippen LogP contribution in [0.4, 0.5) is 5.95 Å². The monoisotopic (exact) mass is 203 g/mol. The minimum absolute atomic E-state index is 0.559. The summed E-state index contributed by atoms with van der Waals surface area (Å²) in [6.07, 6.45) is 0.946. The lowest BCUT2D eigenvalue weighted by Gasteiger charge is -1.98. The summed E-state index contributed by atoms with van der Waals surface area (Å²) in [5.41, 5.74) is 6.68. The molecule has 1 heterocycles. The van der Waals surface area contributed by atoms with Crippen molar-refractivity contribution < 1.29 is 0 Å². The third kappa shape index (κ3) is 1.03. The standard InChI is InChI=1S/C6H10BrN3/c1-3-4-5(7)9-6(8)10(4)2/h3H2,1-2H3,(H2,8,9). The molecule has 1 rings (SSSR count). The smallest absolute Gasteiger partial charge is 0.201 e.